The minimum absolute atomic E-state index is 0.0921. The summed E-state index contributed by atoms with van der Waals surface area (Å²) >= 11 is 0. The predicted molar refractivity (Wildman–Crippen MR) is 129 cm³/mol. The lowest BCUT2D eigenvalue weighted by atomic mass is 10.2. The number of anilines is 2. The highest BCUT2D eigenvalue weighted by Crippen LogP contribution is 2.29. The molecule has 1 N–H and O–H groups in total. The summed E-state index contributed by atoms with van der Waals surface area (Å²) in [6.45, 7) is 3.77. The molecule has 1 saturated heterocycles. The monoisotopic (exact) mass is 489 g/mol. The Morgan fingerprint density at radius 2 is 1.77 bits per heavy atom. The van der Waals surface area contributed by atoms with Gasteiger partial charge in [-0.1, -0.05) is 13.0 Å². The minimum atomic E-state index is -2.98. The average Bonchev–Trinajstić information content (AvgIpc) is 2.87. The number of alkyl halides is 2. The number of piperazine rings is 1. The van der Waals surface area contributed by atoms with Crippen LogP contribution in [0.1, 0.15) is 12.5 Å². The number of benzene rings is 2. The van der Waals surface area contributed by atoms with Crippen LogP contribution in [0.5, 0.6) is 11.5 Å². The van der Waals surface area contributed by atoms with Crippen LogP contribution in [-0.2, 0) is 14.3 Å². The zero-order valence-electron chi connectivity index (χ0n) is 19.7. The summed E-state index contributed by atoms with van der Waals surface area (Å²) in [5, 5.41) is 2.70. The van der Waals surface area contributed by atoms with E-state index < -0.39 is 25.1 Å². The fraction of sp³-hybridized carbons (Fsp3) is 0.360. The summed E-state index contributed by atoms with van der Waals surface area (Å²) in [6.07, 6.45) is 2.54. The molecule has 1 fully saturated rings. The maximum atomic E-state index is 12.4. The maximum Gasteiger partial charge on any atom is 0.387 e. The van der Waals surface area contributed by atoms with Gasteiger partial charge in [0, 0.05) is 43.6 Å². The largest absolute Gasteiger partial charge is 0.493 e. The van der Waals surface area contributed by atoms with Gasteiger partial charge in [0.2, 0.25) is 0 Å². The van der Waals surface area contributed by atoms with Crippen LogP contribution >= 0.6 is 0 Å². The van der Waals surface area contributed by atoms with E-state index in [9.17, 15) is 18.4 Å². The van der Waals surface area contributed by atoms with Gasteiger partial charge < -0.3 is 29.3 Å². The topological polar surface area (TPSA) is 80.3 Å². The molecule has 1 amide bonds. The fourth-order valence-corrected chi connectivity index (χ4v) is 3.61. The van der Waals surface area contributed by atoms with Crippen LogP contribution in [0.2, 0.25) is 0 Å². The van der Waals surface area contributed by atoms with E-state index >= 15 is 0 Å². The van der Waals surface area contributed by atoms with Crippen molar-refractivity contribution in [3.05, 3.63) is 54.1 Å². The number of amides is 1. The number of hydrogen-bond acceptors (Lipinski definition) is 7. The number of likely N-dealkylation sites (N-methyl/N-ethyl adjacent to an activating group) is 1. The van der Waals surface area contributed by atoms with Crippen molar-refractivity contribution in [2.45, 2.75) is 13.5 Å². The van der Waals surface area contributed by atoms with E-state index in [1.807, 2.05) is 24.3 Å². The number of carbonyl (C=O) groups excluding carboxylic acids is 2. The minimum Gasteiger partial charge on any atom is -0.493 e. The van der Waals surface area contributed by atoms with Crippen LogP contribution in [0.25, 0.3) is 6.08 Å². The summed E-state index contributed by atoms with van der Waals surface area (Å²) < 4.78 is 39.1. The lowest BCUT2D eigenvalue weighted by molar-refractivity contribution is -0.142. The second-order valence-corrected chi connectivity index (χ2v) is 7.75. The van der Waals surface area contributed by atoms with Gasteiger partial charge in [-0.25, -0.2) is 4.79 Å². The van der Waals surface area contributed by atoms with Crippen molar-refractivity contribution in [2.24, 2.45) is 0 Å². The van der Waals surface area contributed by atoms with Gasteiger partial charge in [-0.05, 0) is 54.6 Å². The van der Waals surface area contributed by atoms with Gasteiger partial charge in [0.05, 0.1) is 7.11 Å². The summed E-state index contributed by atoms with van der Waals surface area (Å²) in [5.41, 5.74) is 2.21. The van der Waals surface area contributed by atoms with E-state index in [1.165, 1.54) is 31.4 Å². The number of esters is 1. The van der Waals surface area contributed by atoms with Crippen molar-refractivity contribution >= 4 is 29.3 Å². The Labute approximate surface area is 203 Å². The number of nitrogens with zero attached hydrogens (tertiary/aromatic N) is 2. The normalized spacial score (nSPS) is 14.3. The van der Waals surface area contributed by atoms with Gasteiger partial charge in [0.1, 0.15) is 0 Å². The molecular formula is C25H29F2N3O5. The fourth-order valence-electron chi connectivity index (χ4n) is 3.61. The molecule has 1 heterocycles. The zero-order valence-corrected chi connectivity index (χ0v) is 19.7. The first kappa shape index (κ1) is 26.0. The van der Waals surface area contributed by atoms with Crippen molar-refractivity contribution < 1.29 is 32.6 Å². The Bertz CT molecular complexity index is 1020. The molecule has 2 aromatic rings. The van der Waals surface area contributed by atoms with Crippen molar-refractivity contribution in [2.75, 3.05) is 56.7 Å². The number of rotatable bonds is 10. The predicted octanol–water partition coefficient (Wildman–Crippen LogP) is 3.63. The van der Waals surface area contributed by atoms with E-state index in [2.05, 4.69) is 26.8 Å². The molecule has 0 spiro atoms. The lowest BCUT2D eigenvalue weighted by Gasteiger charge is -2.35. The summed E-state index contributed by atoms with van der Waals surface area (Å²) in [4.78, 5) is 28.8. The first-order chi connectivity index (χ1) is 16.9. The van der Waals surface area contributed by atoms with Gasteiger partial charge in [-0.15, -0.1) is 0 Å². The second-order valence-electron chi connectivity index (χ2n) is 7.75. The molecule has 0 radical (unpaired) electrons. The first-order valence-corrected chi connectivity index (χ1v) is 11.2. The van der Waals surface area contributed by atoms with E-state index in [1.54, 1.807) is 0 Å². The van der Waals surface area contributed by atoms with Crippen LogP contribution in [0, 0.1) is 0 Å². The van der Waals surface area contributed by atoms with E-state index in [4.69, 9.17) is 9.47 Å². The van der Waals surface area contributed by atoms with Crippen molar-refractivity contribution in [3.8, 4) is 11.5 Å². The highest BCUT2D eigenvalue weighted by atomic mass is 19.3. The molecule has 0 unspecified atom stereocenters. The van der Waals surface area contributed by atoms with E-state index in [0.29, 0.717) is 11.3 Å². The molecule has 0 atom stereocenters. The molecule has 1 aliphatic heterocycles. The molecule has 0 aliphatic carbocycles. The van der Waals surface area contributed by atoms with Crippen LogP contribution in [0.3, 0.4) is 0 Å². The molecule has 3 rings (SSSR count). The molecule has 0 aromatic heterocycles. The van der Waals surface area contributed by atoms with Gasteiger partial charge in [0.15, 0.2) is 18.1 Å². The Morgan fingerprint density at radius 3 is 2.40 bits per heavy atom. The quantitative estimate of drug-likeness (QED) is 0.403. The molecule has 2 aromatic carbocycles. The smallest absolute Gasteiger partial charge is 0.387 e. The number of carbonyl (C=O) groups is 2. The third-order valence-corrected chi connectivity index (χ3v) is 5.50. The molecule has 35 heavy (non-hydrogen) atoms. The average molecular weight is 490 g/mol. The maximum absolute atomic E-state index is 12.4. The van der Waals surface area contributed by atoms with Crippen molar-refractivity contribution in [1.82, 2.24) is 4.90 Å². The summed E-state index contributed by atoms with van der Waals surface area (Å²) in [7, 11) is 1.31. The van der Waals surface area contributed by atoms with Crippen LogP contribution in [0.15, 0.2) is 48.5 Å². The highest BCUT2D eigenvalue weighted by molar-refractivity contribution is 5.94. The van der Waals surface area contributed by atoms with Crippen molar-refractivity contribution in [3.63, 3.8) is 0 Å². The number of nitrogens with one attached hydrogen (secondary N) is 1. The number of methoxy groups -OCH3 is 1. The Morgan fingerprint density at radius 1 is 1.06 bits per heavy atom. The van der Waals surface area contributed by atoms with Crippen molar-refractivity contribution in [1.29, 1.82) is 0 Å². The number of ether oxygens (including phenoxy) is 3. The number of hydrogen-bond donors (Lipinski definition) is 1. The Balaban J connectivity index is 1.45. The van der Waals surface area contributed by atoms with Gasteiger partial charge in [-0.3, -0.25) is 4.79 Å². The summed E-state index contributed by atoms with van der Waals surface area (Å²) in [6, 6.07) is 11.8. The van der Waals surface area contributed by atoms with Crippen LogP contribution in [-0.4, -0.2) is 69.8 Å². The first-order valence-electron chi connectivity index (χ1n) is 11.2. The highest BCUT2D eigenvalue weighted by Gasteiger charge is 2.16. The zero-order chi connectivity index (χ0) is 25.2. The third kappa shape index (κ3) is 7.96. The van der Waals surface area contributed by atoms with Gasteiger partial charge >= 0.3 is 12.6 Å². The second kappa shape index (κ2) is 12.7. The molecule has 1 aliphatic rings. The van der Waals surface area contributed by atoms with Crippen LogP contribution in [0.4, 0.5) is 20.2 Å². The molecular weight excluding hydrogens is 460 g/mol. The Hall–Kier alpha value is -3.66. The van der Waals surface area contributed by atoms with Gasteiger partial charge in [-0.2, -0.15) is 8.78 Å². The molecule has 10 heteroatoms. The molecule has 0 saturated carbocycles. The molecule has 188 valence electrons. The Kier molecular flexibility index (Phi) is 9.42. The molecule has 8 nitrogen and oxygen atoms in total. The van der Waals surface area contributed by atoms with Gasteiger partial charge in [0.25, 0.3) is 5.91 Å². The number of halogens is 2. The SMILES string of the molecule is CCN1CCN(c2ccc(NC(=O)COC(=O)/C=C/c3ccc(OC(F)F)c(OC)c3)cc2)CC1. The van der Waals surface area contributed by atoms with Crippen LogP contribution < -0.4 is 19.7 Å². The lowest BCUT2D eigenvalue weighted by Crippen LogP contribution is -2.46. The third-order valence-electron chi connectivity index (χ3n) is 5.50. The standard InChI is InChI=1S/C25H29F2N3O5/c1-3-29-12-14-30(15-13-29)20-8-6-19(7-9-20)28-23(31)17-34-24(32)11-5-18-4-10-21(35-25(26)27)22(16-18)33-2/h4-11,16,25H,3,12-15,17H2,1-2H3,(H,28,31)/b11-5+. The summed E-state index contributed by atoms with van der Waals surface area (Å²) in [5.74, 6) is -1.22. The van der Waals surface area contributed by atoms with E-state index in [0.717, 1.165) is 44.5 Å². The molecule has 0 bridgehead atoms. The van der Waals surface area contributed by atoms with E-state index in [-0.39, 0.29) is 11.5 Å².